The molecule has 0 saturated carbocycles. The summed E-state index contributed by atoms with van der Waals surface area (Å²) in [6.07, 6.45) is -0.501. The molecule has 1 aromatic carbocycles. The Labute approximate surface area is 133 Å². The van der Waals surface area contributed by atoms with Crippen molar-refractivity contribution in [3.05, 3.63) is 35.4 Å². The van der Waals surface area contributed by atoms with E-state index in [1.54, 1.807) is 27.8 Å². The number of carbonyl (C=O) groups excluding carboxylic acids is 1. The summed E-state index contributed by atoms with van der Waals surface area (Å²) in [6.45, 7) is 11.8. The van der Waals surface area contributed by atoms with Gasteiger partial charge in [0.2, 0.25) is 0 Å². The van der Waals surface area contributed by atoms with Gasteiger partial charge < -0.3 is 4.74 Å². The molecule has 120 valence electrons. The minimum absolute atomic E-state index is 0.0533. The molecule has 1 aromatic rings. The molecule has 0 fully saturated rings. The normalized spacial score (nSPS) is 13.2. The highest BCUT2D eigenvalue weighted by atomic mass is 16.6. The summed E-state index contributed by atoms with van der Waals surface area (Å²) in [7, 11) is 1.58. The average Bonchev–Trinajstić information content (AvgIpc) is 2.37. The van der Waals surface area contributed by atoms with Gasteiger partial charge in [-0.3, -0.25) is 4.90 Å². The maximum atomic E-state index is 12.1. The molecule has 22 heavy (non-hydrogen) atoms. The Morgan fingerprint density at radius 3 is 2.00 bits per heavy atom. The molecule has 4 nitrogen and oxygen atoms in total. The van der Waals surface area contributed by atoms with E-state index in [-0.39, 0.29) is 5.41 Å². The monoisotopic (exact) mass is 302 g/mol. The second-order valence-electron chi connectivity index (χ2n) is 7.49. The van der Waals surface area contributed by atoms with Crippen LogP contribution in [0.25, 0.3) is 0 Å². The van der Waals surface area contributed by atoms with Crippen LogP contribution >= 0.6 is 0 Å². The van der Waals surface area contributed by atoms with Gasteiger partial charge in [0.25, 0.3) is 0 Å². The zero-order valence-electron chi connectivity index (χ0n) is 14.6. The van der Waals surface area contributed by atoms with Crippen molar-refractivity contribution in [3.63, 3.8) is 0 Å². The number of ether oxygens (including phenoxy) is 1. The highest BCUT2D eigenvalue weighted by Gasteiger charge is 2.26. The quantitative estimate of drug-likeness (QED) is 0.812. The summed E-state index contributed by atoms with van der Waals surface area (Å²) in [4.78, 5) is 13.4. The minimum atomic E-state index is -0.663. The van der Waals surface area contributed by atoms with E-state index in [9.17, 15) is 10.1 Å². The average molecular weight is 302 g/mol. The van der Waals surface area contributed by atoms with Gasteiger partial charge in [0.1, 0.15) is 11.6 Å². The fraction of sp³-hybridized carbons (Fsp3) is 0.556. The van der Waals surface area contributed by atoms with E-state index in [2.05, 4.69) is 26.8 Å². The molecule has 0 aliphatic heterocycles. The molecule has 1 rings (SSSR count). The Morgan fingerprint density at radius 1 is 1.14 bits per heavy atom. The van der Waals surface area contributed by atoms with Gasteiger partial charge in [0.15, 0.2) is 0 Å². The minimum Gasteiger partial charge on any atom is -0.444 e. The summed E-state index contributed by atoms with van der Waals surface area (Å²) in [6, 6.07) is 9.31. The summed E-state index contributed by atoms with van der Waals surface area (Å²) >= 11 is 0. The topological polar surface area (TPSA) is 53.3 Å². The fourth-order valence-electron chi connectivity index (χ4n) is 1.99. The molecule has 1 atom stereocenters. The van der Waals surface area contributed by atoms with Crippen molar-refractivity contribution in [3.8, 4) is 6.07 Å². The van der Waals surface area contributed by atoms with Gasteiger partial charge in [-0.2, -0.15) is 5.26 Å². The Balaban J connectivity index is 2.97. The first kappa shape index (κ1) is 18.0. The lowest BCUT2D eigenvalue weighted by Gasteiger charge is -2.28. The van der Waals surface area contributed by atoms with Gasteiger partial charge in [0.05, 0.1) is 6.07 Å². The zero-order chi connectivity index (χ0) is 17.1. The highest BCUT2D eigenvalue weighted by molar-refractivity contribution is 5.69. The summed E-state index contributed by atoms with van der Waals surface area (Å²) in [5.41, 5.74) is 1.44. The second-order valence-corrected chi connectivity index (χ2v) is 7.49. The zero-order valence-corrected chi connectivity index (χ0v) is 14.6. The molecular weight excluding hydrogens is 276 g/mol. The van der Waals surface area contributed by atoms with E-state index in [0.717, 1.165) is 5.56 Å². The van der Waals surface area contributed by atoms with Crippen LogP contribution in [0.5, 0.6) is 0 Å². The van der Waals surface area contributed by atoms with E-state index in [4.69, 9.17) is 4.74 Å². The molecule has 1 unspecified atom stereocenters. The Kier molecular flexibility index (Phi) is 5.24. The van der Waals surface area contributed by atoms with Crippen LogP contribution in [0.4, 0.5) is 4.79 Å². The van der Waals surface area contributed by atoms with Crippen LogP contribution in [0, 0.1) is 11.3 Å². The molecule has 0 aliphatic carbocycles. The molecule has 4 heteroatoms. The van der Waals surface area contributed by atoms with Gasteiger partial charge in [-0.15, -0.1) is 0 Å². The van der Waals surface area contributed by atoms with Gasteiger partial charge in [-0.05, 0) is 37.3 Å². The van der Waals surface area contributed by atoms with Crippen molar-refractivity contribution in [1.29, 1.82) is 5.26 Å². The lowest BCUT2D eigenvalue weighted by atomic mass is 9.86. The molecule has 0 spiro atoms. The van der Waals surface area contributed by atoms with Crippen molar-refractivity contribution < 1.29 is 9.53 Å². The number of hydrogen-bond acceptors (Lipinski definition) is 3. The van der Waals surface area contributed by atoms with Crippen LogP contribution in [0.15, 0.2) is 24.3 Å². The fourth-order valence-corrected chi connectivity index (χ4v) is 1.99. The van der Waals surface area contributed by atoms with E-state index in [0.29, 0.717) is 0 Å². The van der Waals surface area contributed by atoms with E-state index >= 15 is 0 Å². The molecule has 0 saturated heterocycles. The number of carbonyl (C=O) groups is 1. The first-order chi connectivity index (χ1) is 9.95. The first-order valence-corrected chi connectivity index (χ1v) is 7.41. The Morgan fingerprint density at radius 2 is 1.64 bits per heavy atom. The maximum Gasteiger partial charge on any atom is 0.411 e. The van der Waals surface area contributed by atoms with Crippen LogP contribution in [-0.2, 0) is 10.2 Å². The van der Waals surface area contributed by atoms with Gasteiger partial charge >= 0.3 is 6.09 Å². The predicted molar refractivity (Wildman–Crippen MR) is 87.5 cm³/mol. The first-order valence-electron chi connectivity index (χ1n) is 7.41. The van der Waals surface area contributed by atoms with E-state index < -0.39 is 17.7 Å². The summed E-state index contributed by atoms with van der Waals surface area (Å²) in [5.74, 6) is 0. The highest BCUT2D eigenvalue weighted by Crippen LogP contribution is 2.26. The van der Waals surface area contributed by atoms with E-state index in [1.165, 1.54) is 10.5 Å². The number of amides is 1. The smallest absolute Gasteiger partial charge is 0.411 e. The molecule has 0 aliphatic rings. The van der Waals surface area contributed by atoms with Gasteiger partial charge in [-0.1, -0.05) is 45.0 Å². The van der Waals surface area contributed by atoms with Crippen LogP contribution in [0.1, 0.15) is 58.7 Å². The van der Waals surface area contributed by atoms with Crippen LogP contribution in [0.3, 0.4) is 0 Å². The molecule has 0 heterocycles. The van der Waals surface area contributed by atoms with Crippen molar-refractivity contribution >= 4 is 6.09 Å². The number of nitrogens with zero attached hydrogens (tertiary/aromatic N) is 2. The molecule has 0 radical (unpaired) electrons. The number of benzene rings is 1. The largest absolute Gasteiger partial charge is 0.444 e. The SMILES string of the molecule is CN(C(=O)OC(C)(C)C)C(C#N)c1ccc(C(C)(C)C)cc1. The van der Waals surface area contributed by atoms with Gasteiger partial charge in [-0.25, -0.2) is 4.79 Å². The molecule has 1 amide bonds. The van der Waals surface area contributed by atoms with Gasteiger partial charge in [0, 0.05) is 7.05 Å². The van der Waals surface area contributed by atoms with Crippen molar-refractivity contribution in [2.45, 2.75) is 58.6 Å². The third-order valence-corrected chi connectivity index (χ3v) is 3.28. The summed E-state index contributed by atoms with van der Waals surface area (Å²) < 4.78 is 5.32. The third kappa shape index (κ3) is 4.77. The Bertz CT molecular complexity index is 557. The number of nitriles is 1. The van der Waals surface area contributed by atoms with Crippen molar-refractivity contribution in [2.75, 3.05) is 7.05 Å². The lowest BCUT2D eigenvalue weighted by molar-refractivity contribution is 0.0258. The standard InChI is InChI=1S/C18H26N2O2/c1-17(2,3)14-10-8-13(9-11-14)15(12-19)20(7)16(21)22-18(4,5)6/h8-11,15H,1-7H3. The van der Waals surface area contributed by atoms with Crippen LogP contribution < -0.4 is 0 Å². The maximum absolute atomic E-state index is 12.1. The third-order valence-electron chi connectivity index (χ3n) is 3.28. The number of rotatable bonds is 2. The van der Waals surface area contributed by atoms with Crippen molar-refractivity contribution in [2.24, 2.45) is 0 Å². The molecule has 0 N–H and O–H groups in total. The second kappa shape index (κ2) is 6.39. The van der Waals surface area contributed by atoms with Crippen molar-refractivity contribution in [1.82, 2.24) is 4.90 Å². The lowest BCUT2D eigenvalue weighted by Crippen LogP contribution is -2.36. The van der Waals surface area contributed by atoms with E-state index in [1.807, 2.05) is 24.3 Å². The molecule has 0 bridgehead atoms. The Hall–Kier alpha value is -2.02. The van der Waals surface area contributed by atoms with Crippen LogP contribution in [-0.4, -0.2) is 23.6 Å². The predicted octanol–water partition coefficient (Wildman–Crippen LogP) is 4.42. The van der Waals surface area contributed by atoms with Crippen LogP contribution in [0.2, 0.25) is 0 Å². The molecule has 0 aromatic heterocycles. The molecular formula is C18H26N2O2. The number of hydrogen-bond donors (Lipinski definition) is 0. The summed E-state index contributed by atoms with van der Waals surface area (Å²) in [5, 5.41) is 9.43.